The summed E-state index contributed by atoms with van der Waals surface area (Å²) < 4.78 is 101. The van der Waals surface area contributed by atoms with Crippen molar-refractivity contribution < 1.29 is 55.4 Å². The molecule has 12 heterocycles. The summed E-state index contributed by atoms with van der Waals surface area (Å²) in [6, 6.07) is 19.9. The smallest absolute Gasteiger partial charge is 0.481 e. The van der Waals surface area contributed by atoms with Crippen molar-refractivity contribution in [1.82, 2.24) is 87.4 Å². The van der Waals surface area contributed by atoms with Crippen LogP contribution in [-0.4, -0.2) is 152 Å². The molecule has 12 aromatic rings. The summed E-state index contributed by atoms with van der Waals surface area (Å²) in [7, 11) is 3.04. The average Bonchev–Trinajstić information content (AvgIpc) is 3.04. The summed E-state index contributed by atoms with van der Waals surface area (Å²) in [5, 5.41) is 33.0. The Balaban J connectivity index is 0.000000148. The van der Waals surface area contributed by atoms with Crippen LogP contribution in [0.1, 0.15) is 0 Å². The number of pyridine rings is 3. The van der Waals surface area contributed by atoms with Gasteiger partial charge in [0.1, 0.15) is 27.4 Å². The molecule has 0 radical (unpaired) electrons. The second kappa shape index (κ2) is 28.4. The molecular formula is C54H43BBrF6N21O6. The highest BCUT2D eigenvalue weighted by molar-refractivity contribution is 9.10. The summed E-state index contributed by atoms with van der Waals surface area (Å²) in [4.78, 5) is 54.4. The van der Waals surface area contributed by atoms with Gasteiger partial charge in [-0.3, -0.25) is 4.79 Å². The molecule has 12 aromatic heterocycles. The predicted molar refractivity (Wildman–Crippen MR) is 311 cm³/mol. The third-order valence-corrected chi connectivity index (χ3v) is 13.0. The molecular weight excluding hydrogens is 1240 g/mol. The lowest BCUT2D eigenvalue weighted by Crippen LogP contribution is -2.29. The van der Waals surface area contributed by atoms with E-state index in [-0.39, 0.29) is 11.6 Å². The molecule has 0 fully saturated rings. The number of hydrogen-bond acceptors (Lipinski definition) is 18. The second-order valence-electron chi connectivity index (χ2n) is 17.9. The molecule has 0 bridgehead atoms. The Morgan fingerprint density at radius 3 is 1.33 bits per heavy atom. The number of fused-ring (bicyclic) bond motifs is 3. The monoisotopic (exact) mass is 1290 g/mol. The van der Waals surface area contributed by atoms with Crippen LogP contribution in [0.3, 0.4) is 0 Å². The summed E-state index contributed by atoms with van der Waals surface area (Å²) in [5.41, 5.74) is 6.41. The van der Waals surface area contributed by atoms with Crippen molar-refractivity contribution in [3.63, 3.8) is 0 Å². The van der Waals surface area contributed by atoms with E-state index >= 15 is 0 Å². The van der Waals surface area contributed by atoms with Crippen molar-refractivity contribution >= 4 is 69.3 Å². The summed E-state index contributed by atoms with van der Waals surface area (Å²) in [5.74, 6) is 2.13. The molecule has 0 aliphatic carbocycles. The number of methoxy groups -OCH3 is 3. The normalized spacial score (nSPS) is 10.9. The van der Waals surface area contributed by atoms with Crippen LogP contribution >= 0.6 is 15.9 Å². The Labute approximate surface area is 506 Å². The Morgan fingerprint density at radius 2 is 0.933 bits per heavy atom. The average molecular weight is 1290 g/mol. The van der Waals surface area contributed by atoms with Gasteiger partial charge in [-0.1, -0.05) is 29.4 Å². The molecule has 35 heteroatoms. The van der Waals surface area contributed by atoms with Crippen LogP contribution in [0.15, 0.2) is 134 Å². The number of amides is 1. The fourth-order valence-corrected chi connectivity index (χ4v) is 8.95. The number of aromatic nitrogens is 18. The minimum Gasteiger partial charge on any atom is -0.481 e. The quantitative estimate of drug-likeness (QED) is 0.0338. The van der Waals surface area contributed by atoms with Gasteiger partial charge in [0.25, 0.3) is 30.9 Å². The zero-order valence-corrected chi connectivity index (χ0v) is 47.8. The van der Waals surface area contributed by atoms with Crippen LogP contribution < -0.4 is 25.0 Å². The van der Waals surface area contributed by atoms with Crippen molar-refractivity contribution in [2.75, 3.05) is 26.6 Å². The van der Waals surface area contributed by atoms with E-state index in [9.17, 15) is 31.1 Å². The molecule has 0 spiro atoms. The van der Waals surface area contributed by atoms with Gasteiger partial charge < -0.3 is 53.0 Å². The van der Waals surface area contributed by atoms with Crippen molar-refractivity contribution in [3.8, 4) is 74.3 Å². The van der Waals surface area contributed by atoms with Crippen LogP contribution in [0.4, 0.5) is 43.8 Å². The first-order valence-electron chi connectivity index (χ1n) is 25.6. The molecule has 0 atom stereocenters. The first-order chi connectivity index (χ1) is 43.0. The van der Waals surface area contributed by atoms with E-state index < -0.39 is 46.0 Å². The number of halogens is 7. The van der Waals surface area contributed by atoms with Crippen molar-refractivity contribution in [2.24, 2.45) is 0 Å². The lowest BCUT2D eigenvalue weighted by Gasteiger charge is -2.10. The van der Waals surface area contributed by atoms with Gasteiger partial charge in [-0.05, 0) is 58.4 Å². The Morgan fingerprint density at radius 1 is 0.528 bits per heavy atom. The van der Waals surface area contributed by atoms with E-state index in [2.05, 4.69) is 91.1 Å². The maximum absolute atomic E-state index is 13.1. The number of nitrogens with one attached hydrogen (secondary N) is 1. The molecule has 0 aliphatic rings. The number of anilines is 1. The summed E-state index contributed by atoms with van der Waals surface area (Å²) in [6.45, 7) is 12.7. The first-order valence-corrected chi connectivity index (χ1v) is 26.4. The van der Waals surface area contributed by atoms with Crippen molar-refractivity contribution in [1.29, 1.82) is 0 Å². The number of alkyl halides is 6. The number of ether oxygens (including phenoxy) is 3. The predicted octanol–water partition coefficient (Wildman–Crippen LogP) is 7.92. The largest absolute Gasteiger partial charge is 0.490 e. The summed E-state index contributed by atoms with van der Waals surface area (Å²) >= 11 is 3.23. The minimum atomic E-state index is -2.57. The topological polar surface area (TPSA) is 289 Å². The van der Waals surface area contributed by atoms with Gasteiger partial charge in [0.05, 0.1) is 101 Å². The molecule has 0 aliphatic heterocycles. The number of hydrogen-bond donors (Lipinski definition) is 3. The standard InChI is InChI=1S/C18H15F2N7O2.C18H13F2N7O.C12H7BrF2N6.C6H8BNO3/c1-29-16-5-2-11(6-22-16)17-18(26(9-23-17)8-13(19)20)12-3-4-14-21-7-15(24-10-28)27(14)25-12;1-21-15-8-22-14-5-4-12(25-27(14)15)18-17(24-10-26(18)9-13(19)20)11-3-6-16(28-2)23-7-11;1-16-10-4-17-9-3-2-7(19-21(9)10)11-12(13)18-6-20(11)5-8(14)15;1-11-6-3-2-5(4-8-6)7(9)10/h2-7,9-10,13H,8H2,1H3,(H,24,28);3-8,10,13H,9H2,2H3;2-4,6,8H,5H2;2-4,9-10H,1H3. The Hall–Kier alpha value is -11.2. The third kappa shape index (κ3) is 14.4. The fourth-order valence-electron chi connectivity index (χ4n) is 8.43. The molecule has 0 saturated carbocycles. The molecule has 89 heavy (non-hydrogen) atoms. The van der Waals surface area contributed by atoms with E-state index in [1.54, 1.807) is 79.1 Å². The summed E-state index contributed by atoms with van der Waals surface area (Å²) in [6.07, 6.45) is 5.59. The number of nitrogens with zero attached hydrogens (tertiary/aromatic N) is 20. The molecule has 0 aromatic carbocycles. The highest BCUT2D eigenvalue weighted by Crippen LogP contribution is 2.34. The van der Waals surface area contributed by atoms with Crippen molar-refractivity contribution in [2.45, 2.75) is 38.9 Å². The maximum Gasteiger partial charge on any atom is 0.490 e. The third-order valence-electron chi connectivity index (χ3n) is 12.4. The van der Waals surface area contributed by atoms with Gasteiger partial charge in [-0.2, -0.15) is 9.61 Å². The molecule has 3 N–H and O–H groups in total. The Kier molecular flexibility index (Phi) is 19.9. The zero-order chi connectivity index (χ0) is 63.3. The number of rotatable bonds is 17. The molecule has 0 saturated heterocycles. The molecule has 0 unspecified atom stereocenters. The van der Waals surface area contributed by atoms with Gasteiger partial charge in [0.15, 0.2) is 11.5 Å². The van der Waals surface area contributed by atoms with Crippen LogP contribution in [0.25, 0.3) is 83.3 Å². The lowest BCUT2D eigenvalue weighted by atomic mass is 9.82. The minimum absolute atomic E-state index is 0.226. The van der Waals surface area contributed by atoms with Gasteiger partial charge >= 0.3 is 7.12 Å². The van der Waals surface area contributed by atoms with Crippen LogP contribution in [0, 0.1) is 13.1 Å². The lowest BCUT2D eigenvalue weighted by molar-refractivity contribution is -0.105. The molecule has 452 valence electrons. The number of carbonyl (C=O) groups is 1. The van der Waals surface area contributed by atoms with Gasteiger partial charge in [0.2, 0.25) is 35.3 Å². The highest BCUT2D eigenvalue weighted by atomic mass is 79.9. The van der Waals surface area contributed by atoms with E-state index in [1.807, 2.05) is 0 Å². The van der Waals surface area contributed by atoms with Crippen LogP contribution in [-0.2, 0) is 24.4 Å². The van der Waals surface area contributed by atoms with E-state index in [4.69, 9.17) is 37.4 Å². The van der Waals surface area contributed by atoms with Gasteiger partial charge in [0, 0.05) is 59.4 Å². The van der Waals surface area contributed by atoms with Crippen LogP contribution in [0.2, 0.25) is 0 Å². The second-order valence-corrected chi connectivity index (χ2v) is 18.7. The van der Waals surface area contributed by atoms with E-state index in [0.29, 0.717) is 114 Å². The molecule has 1 amide bonds. The number of carbonyl (C=O) groups excluding carboxylic acids is 1. The van der Waals surface area contributed by atoms with Crippen LogP contribution in [0.5, 0.6) is 17.6 Å². The zero-order valence-electron chi connectivity index (χ0n) is 46.2. The van der Waals surface area contributed by atoms with Gasteiger partial charge in [-0.15, -0.1) is 9.03 Å². The molecule has 27 nitrogen and oxygen atoms in total. The Bertz CT molecular complexity index is 4470. The molecule has 12 rings (SSSR count). The highest BCUT2D eigenvalue weighted by Gasteiger charge is 2.24. The first kappa shape index (κ1) is 62.4. The van der Waals surface area contributed by atoms with E-state index in [0.717, 1.165) is 0 Å². The SMILES string of the molecule is COc1ccc(-c2ncn(CC(F)F)c2-c2ccc3ncc(NC=O)n3n2)cn1.COc1ccc(B(O)O)cn1.[C-]#[N+]c1cnc2ccc(-c3c(-c4ccc(OC)nc4)ncn3CC(F)F)nn12.[C-]#[N+]c1cnc2ccc(-c3c(Br)ncn3CC(F)F)nn12. The number of imidazole rings is 6. The maximum atomic E-state index is 13.1. The van der Waals surface area contributed by atoms with Gasteiger partial charge in [-0.25, -0.2) is 71.2 Å². The van der Waals surface area contributed by atoms with Crippen molar-refractivity contribution in [3.05, 3.63) is 156 Å². The van der Waals surface area contributed by atoms with E-state index in [1.165, 1.54) is 98.4 Å². The fraction of sp³-hybridized carbons (Fsp3) is 0.167.